The van der Waals surface area contributed by atoms with Gasteiger partial charge in [0.25, 0.3) is 0 Å². The topological polar surface area (TPSA) is 43.3 Å². The number of carbonyl (C=O) groups excluding carboxylic acids is 1. The van der Waals surface area contributed by atoms with Crippen LogP contribution in [0.3, 0.4) is 0 Å². The van der Waals surface area contributed by atoms with E-state index in [0.29, 0.717) is 0 Å². The summed E-state index contributed by atoms with van der Waals surface area (Å²) in [5, 5.41) is 2.75. The lowest BCUT2D eigenvalue weighted by molar-refractivity contribution is -0.119. The summed E-state index contributed by atoms with van der Waals surface area (Å²) in [5.74, 6) is -0.163. The maximum Gasteiger partial charge on any atom is 0.250 e. The van der Waals surface area contributed by atoms with Crippen molar-refractivity contribution in [3.05, 3.63) is 47.2 Å². The number of halogens is 1. The molecule has 0 radical (unpaired) electrons. The van der Waals surface area contributed by atoms with Crippen molar-refractivity contribution in [2.45, 2.75) is 0 Å². The summed E-state index contributed by atoms with van der Waals surface area (Å²) in [5.41, 5.74) is 1.77. The Morgan fingerprint density at radius 1 is 1.44 bits per heavy atom. The van der Waals surface area contributed by atoms with Crippen LogP contribution in [0.1, 0.15) is 0 Å². The molecule has 0 saturated heterocycles. The van der Waals surface area contributed by atoms with Crippen LogP contribution in [0.25, 0.3) is 5.69 Å². The lowest BCUT2D eigenvalue weighted by atomic mass is 10.3. The largest absolute Gasteiger partial charge is 0.375 e. The quantitative estimate of drug-likeness (QED) is 0.944. The predicted octanol–water partition coefficient (Wildman–Crippen LogP) is 2.82. The summed E-state index contributed by atoms with van der Waals surface area (Å²) in [6, 6.07) is 9.76. The molecule has 0 aliphatic rings. The molecule has 1 aromatic heterocycles. The van der Waals surface area contributed by atoms with Gasteiger partial charge in [0.05, 0.1) is 5.69 Å². The molecule has 1 N–H and O–H groups in total. The first-order chi connectivity index (χ1) is 8.69. The number of anilines is 1. The van der Waals surface area contributed by atoms with Gasteiger partial charge in [-0.1, -0.05) is 22.0 Å². The third-order valence-corrected chi connectivity index (χ3v) is 2.85. The van der Waals surface area contributed by atoms with Gasteiger partial charge in [-0.05, 0) is 24.3 Å². The Bertz CT molecular complexity index is 551. The number of nitrogens with one attached hydrogen (secondary N) is 1. The standard InChI is InChI=1S/C13H13BrN2O2/c1-18-9-13(17)15-11-5-6-16(8-11)12-4-2-3-10(14)7-12/h2-8H,9H2,1H3,(H,15,17). The molecule has 0 saturated carbocycles. The van der Waals surface area contributed by atoms with Crippen LogP contribution in [0, 0.1) is 0 Å². The highest BCUT2D eigenvalue weighted by Gasteiger charge is 2.04. The van der Waals surface area contributed by atoms with E-state index in [-0.39, 0.29) is 12.5 Å². The van der Waals surface area contributed by atoms with Crippen LogP contribution >= 0.6 is 15.9 Å². The summed E-state index contributed by atoms with van der Waals surface area (Å²) in [6.45, 7) is 0.0576. The predicted molar refractivity (Wildman–Crippen MR) is 74.0 cm³/mol. The van der Waals surface area contributed by atoms with Crippen LogP contribution in [0.5, 0.6) is 0 Å². The third kappa shape index (κ3) is 3.21. The molecule has 1 heterocycles. The molecular formula is C13H13BrN2O2. The van der Waals surface area contributed by atoms with Gasteiger partial charge in [0.15, 0.2) is 0 Å². The Labute approximate surface area is 114 Å². The summed E-state index contributed by atoms with van der Waals surface area (Å²) >= 11 is 3.43. The fourth-order valence-electron chi connectivity index (χ4n) is 1.60. The molecule has 0 unspecified atom stereocenters. The second kappa shape index (κ2) is 5.84. The molecule has 18 heavy (non-hydrogen) atoms. The number of hydrogen-bond acceptors (Lipinski definition) is 2. The van der Waals surface area contributed by atoms with Crippen molar-refractivity contribution in [3.63, 3.8) is 0 Å². The zero-order valence-electron chi connectivity index (χ0n) is 9.89. The summed E-state index contributed by atoms with van der Waals surface area (Å²) in [7, 11) is 1.49. The van der Waals surface area contributed by atoms with Gasteiger partial charge >= 0.3 is 0 Å². The van der Waals surface area contributed by atoms with Crippen molar-refractivity contribution >= 4 is 27.5 Å². The van der Waals surface area contributed by atoms with Crippen LogP contribution in [-0.2, 0) is 9.53 Å². The van der Waals surface area contributed by atoms with Gasteiger partial charge in [0.2, 0.25) is 5.91 Å². The van der Waals surface area contributed by atoms with E-state index in [1.807, 2.05) is 47.3 Å². The van der Waals surface area contributed by atoms with Gasteiger partial charge in [-0.2, -0.15) is 0 Å². The number of carbonyl (C=O) groups is 1. The molecule has 0 bridgehead atoms. The van der Waals surface area contributed by atoms with Crippen molar-refractivity contribution in [3.8, 4) is 5.69 Å². The van der Waals surface area contributed by atoms with Gasteiger partial charge in [0.1, 0.15) is 6.61 Å². The number of nitrogens with zero attached hydrogens (tertiary/aromatic N) is 1. The Hall–Kier alpha value is -1.59. The van der Waals surface area contributed by atoms with Gasteiger partial charge in [-0.15, -0.1) is 0 Å². The van der Waals surface area contributed by atoms with E-state index >= 15 is 0 Å². The Kier molecular flexibility index (Phi) is 4.17. The molecule has 0 spiro atoms. The molecular weight excluding hydrogens is 296 g/mol. The second-order valence-corrected chi connectivity index (χ2v) is 4.68. The smallest absolute Gasteiger partial charge is 0.250 e. The molecule has 2 aromatic rings. The second-order valence-electron chi connectivity index (χ2n) is 3.77. The van der Waals surface area contributed by atoms with Gasteiger partial charge in [-0.25, -0.2) is 0 Å². The highest BCUT2D eigenvalue weighted by atomic mass is 79.9. The van der Waals surface area contributed by atoms with Crippen molar-refractivity contribution in [1.82, 2.24) is 4.57 Å². The zero-order valence-corrected chi connectivity index (χ0v) is 11.5. The van der Waals surface area contributed by atoms with Crippen molar-refractivity contribution in [1.29, 1.82) is 0 Å². The van der Waals surface area contributed by atoms with Gasteiger partial charge < -0.3 is 14.6 Å². The molecule has 1 amide bonds. The monoisotopic (exact) mass is 308 g/mol. The third-order valence-electron chi connectivity index (χ3n) is 2.36. The number of rotatable bonds is 4. The molecule has 4 nitrogen and oxygen atoms in total. The Morgan fingerprint density at radius 2 is 2.28 bits per heavy atom. The van der Waals surface area contributed by atoms with Crippen LogP contribution < -0.4 is 5.32 Å². The SMILES string of the molecule is COCC(=O)Nc1ccn(-c2cccc(Br)c2)c1. The average Bonchev–Trinajstić information content (AvgIpc) is 2.78. The fraction of sp³-hybridized carbons (Fsp3) is 0.154. The van der Waals surface area contributed by atoms with E-state index in [2.05, 4.69) is 21.2 Å². The van der Waals surface area contributed by atoms with Crippen LogP contribution in [0.15, 0.2) is 47.2 Å². The number of benzene rings is 1. The molecule has 2 rings (SSSR count). The minimum atomic E-state index is -0.163. The summed E-state index contributed by atoms with van der Waals surface area (Å²) < 4.78 is 7.71. The first-order valence-electron chi connectivity index (χ1n) is 5.42. The van der Waals surface area contributed by atoms with Crippen molar-refractivity contribution in [2.75, 3.05) is 19.0 Å². The minimum absolute atomic E-state index is 0.0576. The number of ether oxygens (including phenoxy) is 1. The molecule has 0 aliphatic heterocycles. The molecule has 0 aliphatic carbocycles. The molecule has 0 fully saturated rings. The first kappa shape index (κ1) is 12.9. The summed E-state index contributed by atoms with van der Waals surface area (Å²) in [4.78, 5) is 11.4. The summed E-state index contributed by atoms with van der Waals surface area (Å²) in [6.07, 6.45) is 3.75. The normalized spacial score (nSPS) is 10.3. The zero-order chi connectivity index (χ0) is 13.0. The minimum Gasteiger partial charge on any atom is -0.375 e. The van der Waals surface area contributed by atoms with Crippen LogP contribution in [0.2, 0.25) is 0 Å². The average molecular weight is 309 g/mol. The highest BCUT2D eigenvalue weighted by molar-refractivity contribution is 9.10. The lowest BCUT2D eigenvalue weighted by Crippen LogP contribution is -2.16. The highest BCUT2D eigenvalue weighted by Crippen LogP contribution is 2.18. The Morgan fingerprint density at radius 3 is 3.00 bits per heavy atom. The van der Waals surface area contributed by atoms with Gasteiger partial charge in [0, 0.05) is 29.7 Å². The lowest BCUT2D eigenvalue weighted by Gasteiger charge is -2.03. The van der Waals surface area contributed by atoms with E-state index < -0.39 is 0 Å². The van der Waals surface area contributed by atoms with Crippen molar-refractivity contribution in [2.24, 2.45) is 0 Å². The molecule has 94 valence electrons. The van der Waals surface area contributed by atoms with Gasteiger partial charge in [-0.3, -0.25) is 4.79 Å². The van der Waals surface area contributed by atoms with E-state index in [9.17, 15) is 4.79 Å². The number of aromatic nitrogens is 1. The van der Waals surface area contributed by atoms with E-state index in [0.717, 1.165) is 15.8 Å². The van der Waals surface area contributed by atoms with Crippen LogP contribution in [-0.4, -0.2) is 24.2 Å². The van der Waals surface area contributed by atoms with Crippen molar-refractivity contribution < 1.29 is 9.53 Å². The molecule has 0 atom stereocenters. The Balaban J connectivity index is 2.13. The first-order valence-corrected chi connectivity index (χ1v) is 6.21. The number of hydrogen-bond donors (Lipinski definition) is 1. The maximum absolute atomic E-state index is 11.4. The maximum atomic E-state index is 11.4. The number of amides is 1. The van der Waals surface area contributed by atoms with E-state index in [1.165, 1.54) is 7.11 Å². The molecule has 1 aromatic carbocycles. The number of methoxy groups -OCH3 is 1. The fourth-order valence-corrected chi connectivity index (χ4v) is 1.98. The molecule has 5 heteroatoms. The van der Waals surface area contributed by atoms with E-state index in [4.69, 9.17) is 4.74 Å². The van der Waals surface area contributed by atoms with E-state index in [1.54, 1.807) is 0 Å². The van der Waals surface area contributed by atoms with Crippen LogP contribution in [0.4, 0.5) is 5.69 Å².